The van der Waals surface area contributed by atoms with Crippen molar-refractivity contribution in [3.63, 3.8) is 0 Å². The van der Waals surface area contributed by atoms with Gasteiger partial charge < -0.3 is 14.9 Å². The van der Waals surface area contributed by atoms with Gasteiger partial charge in [-0.25, -0.2) is 0 Å². The molecular formula is C17H20N2O4. The highest BCUT2D eigenvalue weighted by molar-refractivity contribution is 5.93. The van der Waals surface area contributed by atoms with E-state index in [1.807, 2.05) is 30.3 Å². The van der Waals surface area contributed by atoms with Crippen LogP contribution < -0.4 is 5.32 Å². The lowest BCUT2D eigenvalue weighted by Gasteiger charge is -2.18. The smallest absolute Gasteiger partial charge is 0.309 e. The van der Waals surface area contributed by atoms with Gasteiger partial charge in [-0.15, -0.1) is 0 Å². The average molecular weight is 316 g/mol. The Morgan fingerprint density at radius 1 is 1.26 bits per heavy atom. The van der Waals surface area contributed by atoms with E-state index in [0.717, 1.165) is 5.56 Å². The molecular weight excluding hydrogens is 296 g/mol. The lowest BCUT2D eigenvalue weighted by molar-refractivity contribution is -0.147. The van der Waals surface area contributed by atoms with E-state index >= 15 is 0 Å². The van der Waals surface area contributed by atoms with Gasteiger partial charge in [-0.2, -0.15) is 0 Å². The number of carboxylic acids is 1. The molecule has 6 heteroatoms. The average Bonchev–Trinajstić information content (AvgIpc) is 3.02. The minimum atomic E-state index is -0.840. The summed E-state index contributed by atoms with van der Waals surface area (Å²) in [7, 11) is 0. The molecule has 1 amide bonds. The predicted molar refractivity (Wildman–Crippen MR) is 84.9 cm³/mol. The summed E-state index contributed by atoms with van der Waals surface area (Å²) in [5.41, 5.74) is 0.266. The van der Waals surface area contributed by atoms with Crippen molar-refractivity contribution in [1.82, 2.24) is 10.5 Å². The van der Waals surface area contributed by atoms with Gasteiger partial charge in [-0.3, -0.25) is 9.59 Å². The number of aliphatic carboxylic acids is 1. The Hall–Kier alpha value is -2.63. The van der Waals surface area contributed by atoms with E-state index in [4.69, 9.17) is 9.63 Å². The molecule has 6 nitrogen and oxygen atoms in total. The van der Waals surface area contributed by atoms with Gasteiger partial charge in [0.05, 0.1) is 5.41 Å². The fourth-order valence-corrected chi connectivity index (χ4v) is 2.05. The van der Waals surface area contributed by atoms with Crippen LogP contribution in [0.5, 0.6) is 0 Å². The molecule has 0 saturated heterocycles. The maximum absolute atomic E-state index is 12.0. The van der Waals surface area contributed by atoms with E-state index in [-0.39, 0.29) is 11.6 Å². The molecule has 0 aliphatic rings. The van der Waals surface area contributed by atoms with E-state index < -0.39 is 11.4 Å². The number of rotatable bonds is 7. The zero-order valence-electron chi connectivity index (χ0n) is 13.2. The zero-order valence-corrected chi connectivity index (χ0v) is 13.2. The molecule has 0 unspecified atom stereocenters. The van der Waals surface area contributed by atoms with Gasteiger partial charge in [0.1, 0.15) is 0 Å². The third-order valence-corrected chi connectivity index (χ3v) is 3.64. The van der Waals surface area contributed by atoms with E-state index in [1.54, 1.807) is 19.9 Å². The number of hydrogen-bond donors (Lipinski definition) is 2. The normalized spacial score (nSPS) is 11.2. The number of nitrogens with one attached hydrogen (secondary N) is 1. The Balaban J connectivity index is 1.85. The van der Waals surface area contributed by atoms with Crippen molar-refractivity contribution in [2.24, 2.45) is 5.41 Å². The summed E-state index contributed by atoms with van der Waals surface area (Å²) < 4.78 is 5.18. The van der Waals surface area contributed by atoms with Crippen LogP contribution in [0, 0.1) is 5.41 Å². The maximum atomic E-state index is 12.0. The lowest BCUT2D eigenvalue weighted by atomic mass is 9.88. The number of aromatic nitrogens is 1. The van der Waals surface area contributed by atoms with Crippen LogP contribution in [0.3, 0.4) is 0 Å². The third-order valence-electron chi connectivity index (χ3n) is 3.64. The highest BCUT2D eigenvalue weighted by atomic mass is 16.5. The highest BCUT2D eigenvalue weighted by Gasteiger charge is 2.26. The second-order valence-electron chi connectivity index (χ2n) is 5.99. The number of benzene rings is 1. The van der Waals surface area contributed by atoms with Crippen LogP contribution >= 0.6 is 0 Å². The fraction of sp³-hybridized carbons (Fsp3) is 0.353. The number of hydrogen-bond acceptors (Lipinski definition) is 4. The first-order valence-corrected chi connectivity index (χ1v) is 7.44. The molecule has 0 spiro atoms. The maximum Gasteiger partial charge on any atom is 0.309 e. The Bertz CT molecular complexity index is 677. The lowest BCUT2D eigenvalue weighted by Crippen LogP contribution is -2.28. The molecule has 0 saturated carbocycles. The summed E-state index contributed by atoms with van der Waals surface area (Å²) in [6.07, 6.45) is 1.06. The van der Waals surface area contributed by atoms with Crippen LogP contribution in [0.25, 0.3) is 11.3 Å². The molecule has 23 heavy (non-hydrogen) atoms. The van der Waals surface area contributed by atoms with E-state index in [9.17, 15) is 9.59 Å². The number of carbonyl (C=O) groups excluding carboxylic acids is 1. The quantitative estimate of drug-likeness (QED) is 0.766. The minimum absolute atomic E-state index is 0.210. The van der Waals surface area contributed by atoms with E-state index in [1.165, 1.54) is 0 Å². The van der Waals surface area contributed by atoms with Crippen molar-refractivity contribution < 1.29 is 19.2 Å². The molecule has 0 bridgehead atoms. The first kappa shape index (κ1) is 16.7. The van der Waals surface area contributed by atoms with Crippen LogP contribution in [0.1, 0.15) is 37.2 Å². The van der Waals surface area contributed by atoms with Crippen LogP contribution in [-0.2, 0) is 4.79 Å². The molecule has 1 aromatic heterocycles. The van der Waals surface area contributed by atoms with Crippen LogP contribution in [0.4, 0.5) is 0 Å². The molecule has 0 fully saturated rings. The second-order valence-corrected chi connectivity index (χ2v) is 5.99. The number of carboxylic acid groups (broad SMARTS) is 1. The molecule has 1 heterocycles. The van der Waals surface area contributed by atoms with Crippen molar-refractivity contribution in [1.29, 1.82) is 0 Å². The second kappa shape index (κ2) is 7.09. The molecule has 2 aromatic rings. The van der Waals surface area contributed by atoms with Crippen molar-refractivity contribution in [3.05, 3.63) is 42.1 Å². The van der Waals surface area contributed by atoms with E-state index in [2.05, 4.69) is 10.5 Å². The fourth-order valence-electron chi connectivity index (χ4n) is 2.05. The predicted octanol–water partition coefficient (Wildman–Crippen LogP) is 2.96. The Morgan fingerprint density at radius 3 is 2.61 bits per heavy atom. The van der Waals surface area contributed by atoms with Gasteiger partial charge in [0.25, 0.3) is 5.91 Å². The largest absolute Gasteiger partial charge is 0.481 e. The number of carbonyl (C=O) groups is 2. The van der Waals surface area contributed by atoms with Gasteiger partial charge in [-0.1, -0.05) is 35.5 Å². The van der Waals surface area contributed by atoms with Gasteiger partial charge in [-0.05, 0) is 26.7 Å². The highest BCUT2D eigenvalue weighted by Crippen LogP contribution is 2.22. The summed E-state index contributed by atoms with van der Waals surface area (Å²) in [5.74, 6) is -0.639. The van der Waals surface area contributed by atoms with Crippen molar-refractivity contribution in [2.75, 3.05) is 6.54 Å². The van der Waals surface area contributed by atoms with Crippen LogP contribution in [0.2, 0.25) is 0 Å². The monoisotopic (exact) mass is 316 g/mol. The topological polar surface area (TPSA) is 92.4 Å². The zero-order chi connectivity index (χ0) is 16.9. The van der Waals surface area contributed by atoms with Gasteiger partial charge >= 0.3 is 5.97 Å². The SMILES string of the molecule is CC(C)(CCCNC(=O)c1cc(-c2ccccc2)on1)C(=O)O. The summed E-state index contributed by atoms with van der Waals surface area (Å²) in [4.78, 5) is 23.0. The number of amides is 1. The Labute approximate surface area is 134 Å². The molecule has 0 aliphatic heterocycles. The molecule has 2 N–H and O–H groups in total. The first-order chi connectivity index (χ1) is 10.9. The Morgan fingerprint density at radius 2 is 1.96 bits per heavy atom. The van der Waals surface area contributed by atoms with Gasteiger partial charge in [0, 0.05) is 18.2 Å². The first-order valence-electron chi connectivity index (χ1n) is 7.44. The minimum Gasteiger partial charge on any atom is -0.481 e. The van der Waals surface area contributed by atoms with Gasteiger partial charge in [0.2, 0.25) is 0 Å². The molecule has 1 aromatic carbocycles. The molecule has 0 atom stereocenters. The van der Waals surface area contributed by atoms with Crippen molar-refractivity contribution in [3.8, 4) is 11.3 Å². The van der Waals surface area contributed by atoms with Crippen LogP contribution in [-0.4, -0.2) is 28.7 Å². The molecule has 0 radical (unpaired) electrons. The standard InChI is InChI=1S/C17H20N2O4/c1-17(2,16(21)22)9-6-10-18-15(20)13-11-14(23-19-13)12-7-4-3-5-8-12/h3-5,7-8,11H,6,9-10H2,1-2H3,(H,18,20)(H,21,22). The van der Waals surface area contributed by atoms with Gasteiger partial charge in [0.15, 0.2) is 11.5 Å². The summed E-state index contributed by atoms with van der Waals surface area (Å²) in [5, 5.41) is 15.5. The number of nitrogens with zero attached hydrogens (tertiary/aromatic N) is 1. The Kier molecular flexibility index (Phi) is 5.16. The van der Waals surface area contributed by atoms with E-state index in [0.29, 0.717) is 25.1 Å². The molecule has 0 aliphatic carbocycles. The summed E-state index contributed by atoms with van der Waals surface area (Å²) >= 11 is 0. The third kappa shape index (κ3) is 4.42. The molecule has 2 rings (SSSR count). The van der Waals surface area contributed by atoms with Crippen molar-refractivity contribution in [2.45, 2.75) is 26.7 Å². The van der Waals surface area contributed by atoms with Crippen LogP contribution in [0.15, 0.2) is 40.9 Å². The van der Waals surface area contributed by atoms with Crippen molar-refractivity contribution >= 4 is 11.9 Å². The summed E-state index contributed by atoms with van der Waals surface area (Å²) in [6.45, 7) is 3.73. The molecule has 122 valence electrons. The summed E-state index contributed by atoms with van der Waals surface area (Å²) in [6, 6.07) is 11.0.